The summed E-state index contributed by atoms with van der Waals surface area (Å²) in [6.45, 7) is 5.82. The summed E-state index contributed by atoms with van der Waals surface area (Å²) in [5.74, 6) is -0.399. The second kappa shape index (κ2) is 10.6. The minimum absolute atomic E-state index is 0.0169. The molecular formula is C25H29N3O4S. The summed E-state index contributed by atoms with van der Waals surface area (Å²) in [4.78, 5) is 25.3. The average molecular weight is 468 g/mol. The first-order chi connectivity index (χ1) is 15.8. The van der Waals surface area contributed by atoms with Crippen molar-refractivity contribution >= 4 is 15.9 Å². The minimum Gasteiger partial charge on any atom is -0.344 e. The van der Waals surface area contributed by atoms with Crippen molar-refractivity contribution in [2.75, 3.05) is 13.1 Å². The largest absolute Gasteiger partial charge is 0.344 e. The van der Waals surface area contributed by atoms with Gasteiger partial charge in [0.2, 0.25) is 15.9 Å². The molecule has 1 unspecified atom stereocenters. The van der Waals surface area contributed by atoms with Crippen LogP contribution in [0.2, 0.25) is 0 Å². The van der Waals surface area contributed by atoms with E-state index in [9.17, 15) is 18.0 Å². The normalized spacial score (nSPS) is 12.5. The fraction of sp³-hybridized carbons (Fsp3) is 0.280. The summed E-state index contributed by atoms with van der Waals surface area (Å²) < 4.78 is 28.1. The van der Waals surface area contributed by atoms with Crippen LogP contribution < -0.4 is 10.9 Å². The number of carbonyl (C=O) groups excluding carboxylic acids is 1. The molecule has 0 aliphatic rings. The van der Waals surface area contributed by atoms with Crippen LogP contribution in [0.25, 0.3) is 0 Å². The number of nitrogens with zero attached hydrogens (tertiary/aromatic N) is 2. The van der Waals surface area contributed by atoms with Gasteiger partial charge in [0.1, 0.15) is 6.54 Å². The standard InChI is InChI=1S/C25H29N3O4S/c1-4-28(5-2)33(31,32)22-15-16-24(30)27(17-22)18-23(29)26-25(20-9-7-6-8-10-20)21-13-11-19(3)12-14-21/h6-17,25H,4-5,18H2,1-3H3,(H,26,29). The molecule has 7 nitrogen and oxygen atoms in total. The smallest absolute Gasteiger partial charge is 0.251 e. The van der Waals surface area contributed by atoms with Gasteiger partial charge >= 0.3 is 0 Å². The number of aromatic nitrogens is 1. The van der Waals surface area contributed by atoms with Gasteiger partial charge in [-0.2, -0.15) is 4.31 Å². The third-order valence-electron chi connectivity index (χ3n) is 5.46. The van der Waals surface area contributed by atoms with Crippen LogP contribution in [-0.4, -0.2) is 36.3 Å². The van der Waals surface area contributed by atoms with Gasteiger partial charge in [-0.05, 0) is 24.1 Å². The number of hydrogen-bond acceptors (Lipinski definition) is 4. The lowest BCUT2D eigenvalue weighted by Crippen LogP contribution is -2.36. The molecule has 174 valence electrons. The van der Waals surface area contributed by atoms with E-state index in [1.54, 1.807) is 13.8 Å². The van der Waals surface area contributed by atoms with Gasteiger partial charge in [0.25, 0.3) is 5.56 Å². The van der Waals surface area contributed by atoms with Crippen LogP contribution in [-0.2, 0) is 21.4 Å². The maximum absolute atomic E-state index is 13.0. The molecule has 1 amide bonds. The zero-order chi connectivity index (χ0) is 24.0. The number of carbonyl (C=O) groups is 1. The highest BCUT2D eigenvalue weighted by Gasteiger charge is 2.23. The molecule has 3 rings (SSSR count). The number of hydrogen-bond donors (Lipinski definition) is 1. The molecule has 0 aliphatic heterocycles. The summed E-state index contributed by atoms with van der Waals surface area (Å²) in [5.41, 5.74) is 2.47. The monoisotopic (exact) mass is 467 g/mol. The van der Waals surface area contributed by atoms with E-state index >= 15 is 0 Å². The van der Waals surface area contributed by atoms with Gasteiger partial charge in [0.15, 0.2) is 0 Å². The topological polar surface area (TPSA) is 88.5 Å². The van der Waals surface area contributed by atoms with E-state index in [0.29, 0.717) is 13.1 Å². The van der Waals surface area contributed by atoms with Gasteiger partial charge in [-0.25, -0.2) is 8.42 Å². The maximum Gasteiger partial charge on any atom is 0.251 e. The van der Waals surface area contributed by atoms with E-state index in [0.717, 1.165) is 21.3 Å². The second-order valence-electron chi connectivity index (χ2n) is 7.74. The van der Waals surface area contributed by atoms with Crippen molar-refractivity contribution in [2.24, 2.45) is 0 Å². The molecule has 0 radical (unpaired) electrons. The van der Waals surface area contributed by atoms with Crippen molar-refractivity contribution < 1.29 is 13.2 Å². The highest BCUT2D eigenvalue weighted by Crippen LogP contribution is 2.22. The van der Waals surface area contributed by atoms with Crippen molar-refractivity contribution in [2.45, 2.75) is 38.3 Å². The van der Waals surface area contributed by atoms with Crippen LogP contribution in [0.4, 0.5) is 0 Å². The number of nitrogens with one attached hydrogen (secondary N) is 1. The van der Waals surface area contributed by atoms with Crippen LogP contribution in [0, 0.1) is 6.92 Å². The number of amides is 1. The van der Waals surface area contributed by atoms with Crippen LogP contribution in [0.5, 0.6) is 0 Å². The van der Waals surface area contributed by atoms with E-state index < -0.39 is 27.5 Å². The van der Waals surface area contributed by atoms with Crippen LogP contribution in [0.1, 0.15) is 36.6 Å². The van der Waals surface area contributed by atoms with Crippen LogP contribution >= 0.6 is 0 Å². The molecule has 0 bridgehead atoms. The summed E-state index contributed by atoms with van der Waals surface area (Å²) in [6, 6.07) is 19.5. The summed E-state index contributed by atoms with van der Waals surface area (Å²) in [6.07, 6.45) is 1.24. The summed E-state index contributed by atoms with van der Waals surface area (Å²) in [7, 11) is -3.75. The average Bonchev–Trinajstić information content (AvgIpc) is 2.80. The van der Waals surface area contributed by atoms with Crippen molar-refractivity contribution in [3.05, 3.63) is 100.0 Å². The van der Waals surface area contributed by atoms with E-state index in [1.165, 1.54) is 22.6 Å². The molecular weight excluding hydrogens is 438 g/mol. The van der Waals surface area contributed by atoms with Gasteiger partial charge < -0.3 is 9.88 Å². The van der Waals surface area contributed by atoms with Crippen molar-refractivity contribution in [1.29, 1.82) is 0 Å². The Morgan fingerprint density at radius 3 is 2.15 bits per heavy atom. The first-order valence-electron chi connectivity index (χ1n) is 10.9. The number of pyridine rings is 1. The Morgan fingerprint density at radius 2 is 1.55 bits per heavy atom. The quantitative estimate of drug-likeness (QED) is 0.524. The first-order valence-corrected chi connectivity index (χ1v) is 12.3. The van der Waals surface area contributed by atoms with E-state index in [-0.39, 0.29) is 11.4 Å². The Morgan fingerprint density at radius 1 is 0.939 bits per heavy atom. The molecule has 33 heavy (non-hydrogen) atoms. The fourth-order valence-corrected chi connectivity index (χ4v) is 5.10. The number of benzene rings is 2. The van der Waals surface area contributed by atoms with Gasteiger partial charge in [-0.3, -0.25) is 9.59 Å². The highest BCUT2D eigenvalue weighted by molar-refractivity contribution is 7.89. The van der Waals surface area contributed by atoms with Gasteiger partial charge in [0.05, 0.1) is 10.9 Å². The van der Waals surface area contributed by atoms with Gasteiger partial charge in [0, 0.05) is 25.4 Å². The predicted octanol–water partition coefficient (Wildman–Crippen LogP) is 3.09. The molecule has 1 N–H and O–H groups in total. The molecule has 0 saturated heterocycles. The minimum atomic E-state index is -3.75. The Bertz CT molecular complexity index is 1250. The van der Waals surface area contributed by atoms with Gasteiger partial charge in [-0.1, -0.05) is 74.0 Å². The Balaban J connectivity index is 1.88. The SMILES string of the molecule is CCN(CC)S(=O)(=O)c1ccc(=O)n(CC(=O)NC(c2ccccc2)c2ccc(C)cc2)c1. The number of aryl methyl sites for hydroxylation is 1. The zero-order valence-corrected chi connectivity index (χ0v) is 19.9. The van der Waals surface area contributed by atoms with E-state index in [1.807, 2.05) is 61.5 Å². The number of sulfonamides is 1. The lowest BCUT2D eigenvalue weighted by molar-refractivity contribution is -0.122. The Kier molecular flexibility index (Phi) is 7.84. The zero-order valence-electron chi connectivity index (χ0n) is 19.1. The van der Waals surface area contributed by atoms with Gasteiger partial charge in [-0.15, -0.1) is 0 Å². The molecule has 0 aliphatic carbocycles. The van der Waals surface area contributed by atoms with Crippen LogP contribution in [0.3, 0.4) is 0 Å². The number of rotatable bonds is 9. The van der Waals surface area contributed by atoms with Crippen molar-refractivity contribution in [3.8, 4) is 0 Å². The molecule has 1 aromatic heterocycles. The molecule has 1 heterocycles. The fourth-order valence-electron chi connectivity index (χ4n) is 3.62. The van der Waals surface area contributed by atoms with Crippen molar-refractivity contribution in [1.82, 2.24) is 14.2 Å². The first kappa shape index (κ1) is 24.4. The van der Waals surface area contributed by atoms with E-state index in [4.69, 9.17) is 0 Å². The molecule has 1 atom stereocenters. The maximum atomic E-state index is 13.0. The van der Waals surface area contributed by atoms with Crippen LogP contribution in [0.15, 0.2) is 82.6 Å². The molecule has 2 aromatic carbocycles. The molecule has 0 spiro atoms. The lowest BCUT2D eigenvalue weighted by Gasteiger charge is -2.21. The van der Waals surface area contributed by atoms with Crippen molar-refractivity contribution in [3.63, 3.8) is 0 Å². The predicted molar refractivity (Wildman–Crippen MR) is 128 cm³/mol. The Hall–Kier alpha value is -3.23. The molecule has 3 aromatic rings. The third kappa shape index (κ3) is 5.77. The summed E-state index contributed by atoms with van der Waals surface area (Å²) >= 11 is 0. The third-order valence-corrected chi connectivity index (χ3v) is 7.50. The van der Waals surface area contributed by atoms with E-state index in [2.05, 4.69) is 5.32 Å². The molecule has 0 fully saturated rings. The molecule has 0 saturated carbocycles. The highest BCUT2D eigenvalue weighted by atomic mass is 32.2. The second-order valence-corrected chi connectivity index (χ2v) is 9.68. The Labute approximate surface area is 194 Å². The molecule has 8 heteroatoms. The summed E-state index contributed by atoms with van der Waals surface area (Å²) in [5, 5.41) is 2.99. The lowest BCUT2D eigenvalue weighted by atomic mass is 9.98.